The van der Waals surface area contributed by atoms with Crippen molar-refractivity contribution in [2.24, 2.45) is 0 Å². The number of aromatic nitrogens is 3. The van der Waals surface area contributed by atoms with E-state index < -0.39 is 0 Å². The van der Waals surface area contributed by atoms with Crippen molar-refractivity contribution in [1.82, 2.24) is 24.8 Å². The highest BCUT2D eigenvalue weighted by Crippen LogP contribution is 2.15. The van der Waals surface area contributed by atoms with E-state index in [0.29, 0.717) is 25.1 Å². The van der Waals surface area contributed by atoms with Gasteiger partial charge in [0.05, 0.1) is 17.8 Å². The van der Waals surface area contributed by atoms with Gasteiger partial charge in [-0.25, -0.2) is 4.52 Å². The number of carbonyl (C=O) groups excluding carboxylic acids is 2. The number of nitrogens with one attached hydrogen (secondary N) is 1. The van der Waals surface area contributed by atoms with Crippen molar-refractivity contribution in [2.75, 3.05) is 6.54 Å². The molecule has 0 unspecified atom stereocenters. The maximum Gasteiger partial charge on any atom is 0.254 e. The summed E-state index contributed by atoms with van der Waals surface area (Å²) in [5.74, 6) is -0.0404. The Morgan fingerprint density at radius 2 is 2.19 bits per heavy atom. The minimum atomic E-state index is -0.0829. The summed E-state index contributed by atoms with van der Waals surface area (Å²) in [4.78, 5) is 30.7. The second-order valence-electron chi connectivity index (χ2n) is 6.43. The van der Waals surface area contributed by atoms with Gasteiger partial charge in [0.25, 0.3) is 5.91 Å². The first-order chi connectivity index (χ1) is 12.7. The second-order valence-corrected chi connectivity index (χ2v) is 6.43. The third kappa shape index (κ3) is 3.42. The van der Waals surface area contributed by atoms with E-state index in [-0.39, 0.29) is 17.9 Å². The number of amides is 2. The summed E-state index contributed by atoms with van der Waals surface area (Å²) in [6, 6.07) is 11.1. The zero-order chi connectivity index (χ0) is 17.9. The fourth-order valence-corrected chi connectivity index (χ4v) is 3.22. The van der Waals surface area contributed by atoms with Crippen LogP contribution < -0.4 is 5.32 Å². The third-order valence-electron chi connectivity index (χ3n) is 4.54. The van der Waals surface area contributed by atoms with Gasteiger partial charge in [0.1, 0.15) is 0 Å². The first-order valence-corrected chi connectivity index (χ1v) is 8.61. The molecule has 3 aromatic rings. The zero-order valence-corrected chi connectivity index (χ0v) is 14.2. The molecule has 1 N–H and O–H groups in total. The van der Waals surface area contributed by atoms with Gasteiger partial charge < -0.3 is 10.2 Å². The van der Waals surface area contributed by atoms with Crippen LogP contribution in [0.5, 0.6) is 0 Å². The van der Waals surface area contributed by atoms with E-state index in [9.17, 15) is 9.59 Å². The number of rotatable bonds is 5. The van der Waals surface area contributed by atoms with E-state index >= 15 is 0 Å². The quantitative estimate of drug-likeness (QED) is 0.760. The number of carbonyl (C=O) groups is 2. The summed E-state index contributed by atoms with van der Waals surface area (Å²) in [6.45, 7) is 0.863. The molecule has 132 valence electrons. The van der Waals surface area contributed by atoms with Gasteiger partial charge in [-0.2, -0.15) is 5.10 Å². The molecule has 1 aliphatic rings. The van der Waals surface area contributed by atoms with Crippen LogP contribution in [0.1, 0.15) is 28.9 Å². The first kappa shape index (κ1) is 16.3. The second kappa shape index (κ2) is 6.95. The van der Waals surface area contributed by atoms with Gasteiger partial charge in [0, 0.05) is 43.2 Å². The number of fused-ring (bicyclic) bond motifs is 1. The van der Waals surface area contributed by atoms with Gasteiger partial charge in [-0.3, -0.25) is 14.6 Å². The van der Waals surface area contributed by atoms with E-state index in [1.54, 1.807) is 34.1 Å². The van der Waals surface area contributed by atoms with Crippen LogP contribution in [-0.4, -0.2) is 43.9 Å². The average molecular weight is 349 g/mol. The molecule has 4 heterocycles. The molecule has 26 heavy (non-hydrogen) atoms. The van der Waals surface area contributed by atoms with E-state index in [4.69, 9.17) is 0 Å². The maximum absolute atomic E-state index is 13.1. The fraction of sp³-hybridized carbons (Fsp3) is 0.263. The molecule has 3 aromatic heterocycles. The van der Waals surface area contributed by atoms with Gasteiger partial charge in [0.15, 0.2) is 0 Å². The molecule has 7 nitrogen and oxygen atoms in total. The van der Waals surface area contributed by atoms with Crippen molar-refractivity contribution in [1.29, 1.82) is 0 Å². The molecule has 0 radical (unpaired) electrons. The lowest BCUT2D eigenvalue weighted by molar-refractivity contribution is -0.119. The Morgan fingerprint density at radius 3 is 2.96 bits per heavy atom. The van der Waals surface area contributed by atoms with Crippen molar-refractivity contribution in [3.8, 4) is 0 Å². The van der Waals surface area contributed by atoms with Crippen LogP contribution >= 0.6 is 0 Å². The van der Waals surface area contributed by atoms with Crippen LogP contribution in [0.4, 0.5) is 0 Å². The Bertz CT molecular complexity index is 937. The minimum Gasteiger partial charge on any atom is -0.352 e. The van der Waals surface area contributed by atoms with Gasteiger partial charge in [-0.15, -0.1) is 0 Å². The fourth-order valence-electron chi connectivity index (χ4n) is 3.22. The Hall–Kier alpha value is -3.22. The molecule has 0 aromatic carbocycles. The number of pyridine rings is 2. The highest BCUT2D eigenvalue weighted by atomic mass is 16.2. The van der Waals surface area contributed by atoms with Gasteiger partial charge in [-0.1, -0.05) is 6.07 Å². The van der Waals surface area contributed by atoms with Crippen LogP contribution in [-0.2, 0) is 11.3 Å². The van der Waals surface area contributed by atoms with E-state index in [1.807, 2.05) is 30.3 Å². The Labute approximate surface area is 150 Å². The van der Waals surface area contributed by atoms with Gasteiger partial charge in [-0.05, 0) is 36.8 Å². The summed E-state index contributed by atoms with van der Waals surface area (Å²) in [7, 11) is 0. The number of nitrogens with zero attached hydrogens (tertiary/aromatic N) is 4. The molecule has 2 amide bonds. The topological polar surface area (TPSA) is 79.6 Å². The van der Waals surface area contributed by atoms with Crippen LogP contribution in [0.2, 0.25) is 0 Å². The van der Waals surface area contributed by atoms with Crippen molar-refractivity contribution in [3.63, 3.8) is 0 Å². The number of hydrogen-bond acceptors (Lipinski definition) is 4. The summed E-state index contributed by atoms with van der Waals surface area (Å²) in [6.07, 6.45) is 6.44. The standard InChI is InChI=1S/C19H19N5O2/c25-18-5-4-16(22-18)13-23(12-15-3-1-2-8-20-15)19(26)14-7-10-24-17(11-14)6-9-21-24/h1-3,6-11,16H,4-5,12-13H2,(H,22,25)/t16-/m0/s1. The molecule has 0 aliphatic carbocycles. The molecule has 4 rings (SSSR count). The van der Waals surface area contributed by atoms with E-state index in [0.717, 1.165) is 17.6 Å². The third-order valence-corrected chi connectivity index (χ3v) is 4.54. The van der Waals surface area contributed by atoms with Crippen LogP contribution in [0.3, 0.4) is 0 Å². The van der Waals surface area contributed by atoms with Crippen LogP contribution in [0, 0.1) is 0 Å². The lowest BCUT2D eigenvalue weighted by atomic mass is 10.1. The maximum atomic E-state index is 13.1. The highest BCUT2D eigenvalue weighted by Gasteiger charge is 2.26. The molecule has 0 bridgehead atoms. The molecule has 1 fully saturated rings. The molecule has 1 atom stereocenters. The highest BCUT2D eigenvalue weighted by molar-refractivity contribution is 5.95. The van der Waals surface area contributed by atoms with Crippen LogP contribution in [0.15, 0.2) is 55.0 Å². The average Bonchev–Trinajstić information content (AvgIpc) is 3.29. The molecule has 0 spiro atoms. The molecule has 7 heteroatoms. The number of hydrogen-bond donors (Lipinski definition) is 1. The Kier molecular flexibility index (Phi) is 4.35. The smallest absolute Gasteiger partial charge is 0.254 e. The lowest BCUT2D eigenvalue weighted by Gasteiger charge is -2.25. The Balaban J connectivity index is 1.59. The van der Waals surface area contributed by atoms with Gasteiger partial charge >= 0.3 is 0 Å². The van der Waals surface area contributed by atoms with Gasteiger partial charge in [0.2, 0.25) is 5.91 Å². The van der Waals surface area contributed by atoms with Crippen molar-refractivity contribution in [2.45, 2.75) is 25.4 Å². The largest absolute Gasteiger partial charge is 0.352 e. The summed E-state index contributed by atoms with van der Waals surface area (Å²) >= 11 is 0. The predicted molar refractivity (Wildman–Crippen MR) is 95.3 cm³/mol. The predicted octanol–water partition coefficient (Wildman–Crippen LogP) is 1.65. The molecule has 1 aliphatic heterocycles. The summed E-state index contributed by atoms with van der Waals surface area (Å²) in [5.41, 5.74) is 2.27. The first-order valence-electron chi connectivity index (χ1n) is 8.61. The minimum absolute atomic E-state index is 0.0196. The van der Waals surface area contributed by atoms with E-state index in [2.05, 4.69) is 15.4 Å². The zero-order valence-electron chi connectivity index (χ0n) is 14.2. The summed E-state index contributed by atoms with van der Waals surface area (Å²) < 4.78 is 1.72. The molecular formula is C19H19N5O2. The normalized spacial score (nSPS) is 16.6. The van der Waals surface area contributed by atoms with Crippen LogP contribution in [0.25, 0.3) is 5.52 Å². The van der Waals surface area contributed by atoms with E-state index in [1.165, 1.54) is 0 Å². The lowest BCUT2D eigenvalue weighted by Crippen LogP contribution is -2.41. The molecule has 0 saturated carbocycles. The Morgan fingerprint density at radius 1 is 1.27 bits per heavy atom. The van der Waals surface area contributed by atoms with Crippen molar-refractivity contribution >= 4 is 17.3 Å². The summed E-state index contributed by atoms with van der Waals surface area (Å²) in [5, 5.41) is 7.09. The molecule has 1 saturated heterocycles. The monoisotopic (exact) mass is 349 g/mol. The van der Waals surface area contributed by atoms with Crippen molar-refractivity contribution < 1.29 is 9.59 Å². The molecular weight excluding hydrogens is 330 g/mol. The van der Waals surface area contributed by atoms with Crippen molar-refractivity contribution in [3.05, 3.63) is 66.2 Å². The SMILES string of the molecule is O=C1CC[C@@H](CN(Cc2ccccn2)C(=O)c2ccn3nccc3c2)N1.